The van der Waals surface area contributed by atoms with E-state index in [4.69, 9.17) is 14.6 Å². The summed E-state index contributed by atoms with van der Waals surface area (Å²) in [5.41, 5.74) is 0.514. The van der Waals surface area contributed by atoms with Crippen LogP contribution in [0.2, 0.25) is 0 Å². The van der Waals surface area contributed by atoms with E-state index in [1.165, 1.54) is 19.3 Å². The van der Waals surface area contributed by atoms with Gasteiger partial charge in [0.2, 0.25) is 11.8 Å². The number of amides is 2. The number of benzene rings is 1. The molecule has 1 aliphatic carbocycles. The van der Waals surface area contributed by atoms with Gasteiger partial charge in [-0.2, -0.15) is 13.2 Å². The molecule has 13 heteroatoms. The van der Waals surface area contributed by atoms with Crippen LogP contribution in [0.4, 0.5) is 13.2 Å². The van der Waals surface area contributed by atoms with Gasteiger partial charge in [0.25, 0.3) is 0 Å². The monoisotopic (exact) mass is 670 g/mol. The van der Waals surface area contributed by atoms with Crippen LogP contribution in [0.3, 0.4) is 0 Å². The number of nitrogens with one attached hydrogen (secondary N) is 1. The van der Waals surface area contributed by atoms with Crippen LogP contribution in [0.25, 0.3) is 0 Å². The molecule has 0 bridgehead atoms. The van der Waals surface area contributed by atoms with Crippen molar-refractivity contribution in [2.24, 2.45) is 0 Å². The molecular weight excluding hydrogens is 636 g/mol. The highest BCUT2D eigenvalue weighted by atomic mass is 127. The van der Waals surface area contributed by atoms with E-state index < -0.39 is 42.8 Å². The Morgan fingerprint density at radius 1 is 1.28 bits per heavy atom. The number of ether oxygens (including phenoxy) is 2. The van der Waals surface area contributed by atoms with Crippen molar-refractivity contribution in [1.82, 2.24) is 10.2 Å². The molecule has 39 heavy (non-hydrogen) atoms. The van der Waals surface area contributed by atoms with E-state index in [-0.39, 0.29) is 49.7 Å². The number of rotatable bonds is 14. The van der Waals surface area contributed by atoms with Gasteiger partial charge < -0.3 is 35.0 Å². The van der Waals surface area contributed by atoms with Crippen molar-refractivity contribution in [2.45, 2.75) is 63.1 Å². The molecule has 0 aliphatic heterocycles. The molecule has 0 fully saturated rings. The highest BCUT2D eigenvalue weighted by Gasteiger charge is 2.44. The first-order valence-electron chi connectivity index (χ1n) is 12.3. The van der Waals surface area contributed by atoms with Crippen molar-refractivity contribution < 1.29 is 47.6 Å². The molecule has 1 aromatic carbocycles. The minimum atomic E-state index is -4.76. The lowest BCUT2D eigenvalue weighted by molar-refractivity contribution is -0.172. The molecule has 1 aliphatic rings. The van der Waals surface area contributed by atoms with Gasteiger partial charge >= 0.3 is 6.18 Å². The maximum Gasteiger partial charge on any atom is 0.406 e. The fourth-order valence-electron chi connectivity index (χ4n) is 4.19. The van der Waals surface area contributed by atoms with Gasteiger partial charge in [0.15, 0.2) is 11.5 Å². The summed E-state index contributed by atoms with van der Waals surface area (Å²) in [6.45, 7) is 1.24. The lowest BCUT2D eigenvalue weighted by Crippen LogP contribution is -2.57. The number of hydrogen-bond acceptors (Lipinski definition) is 7. The highest BCUT2D eigenvalue weighted by molar-refractivity contribution is 14.1. The normalized spacial score (nSPS) is 19.2. The fourth-order valence-corrected chi connectivity index (χ4v) is 4.98. The summed E-state index contributed by atoms with van der Waals surface area (Å²) >= 11 is 1.92. The largest absolute Gasteiger partial charge is 0.493 e. The third-order valence-electron chi connectivity index (χ3n) is 6.06. The topological polar surface area (TPSA) is 129 Å². The van der Waals surface area contributed by atoms with Crippen molar-refractivity contribution in [3.05, 3.63) is 45.6 Å². The van der Waals surface area contributed by atoms with E-state index in [0.717, 1.165) is 0 Å². The molecule has 0 saturated carbocycles. The number of hydrogen-bond donors (Lipinski definition) is 4. The van der Waals surface area contributed by atoms with Gasteiger partial charge in [-0.1, -0.05) is 6.08 Å². The van der Waals surface area contributed by atoms with E-state index in [2.05, 4.69) is 11.9 Å². The number of nitrogens with zero attached hydrogens (tertiary/aromatic N) is 1. The van der Waals surface area contributed by atoms with Crippen LogP contribution in [0.1, 0.15) is 37.7 Å². The van der Waals surface area contributed by atoms with E-state index in [1.54, 1.807) is 12.1 Å². The zero-order valence-electron chi connectivity index (χ0n) is 21.5. The molecule has 2 amide bonds. The molecule has 9 nitrogen and oxygen atoms in total. The van der Waals surface area contributed by atoms with Crippen molar-refractivity contribution in [2.75, 3.05) is 26.8 Å². The Bertz CT molecular complexity index is 1040. The molecule has 1 aromatic rings. The summed E-state index contributed by atoms with van der Waals surface area (Å²) in [5.74, 6) is -1.14. The van der Waals surface area contributed by atoms with Gasteiger partial charge in [0.05, 0.1) is 29.9 Å². The molecule has 0 unspecified atom stereocenters. The first-order valence-corrected chi connectivity index (χ1v) is 13.4. The Morgan fingerprint density at radius 2 is 2.00 bits per heavy atom. The average molecular weight is 670 g/mol. The van der Waals surface area contributed by atoms with Gasteiger partial charge in [-0.15, -0.1) is 6.58 Å². The first kappa shape index (κ1) is 32.8. The summed E-state index contributed by atoms with van der Waals surface area (Å²) in [7, 11) is 1.36. The van der Waals surface area contributed by atoms with Crippen LogP contribution in [0.5, 0.6) is 11.5 Å². The summed E-state index contributed by atoms with van der Waals surface area (Å²) in [5, 5.41) is 32.3. The third kappa shape index (κ3) is 9.65. The average Bonchev–Trinajstić information content (AvgIpc) is 2.89. The summed E-state index contributed by atoms with van der Waals surface area (Å²) in [4.78, 5) is 26.4. The van der Waals surface area contributed by atoms with Crippen LogP contribution in [-0.4, -0.2) is 83.3 Å². The van der Waals surface area contributed by atoms with Gasteiger partial charge in [0, 0.05) is 25.0 Å². The molecular formula is C26H34F3IN2O7. The van der Waals surface area contributed by atoms with Gasteiger partial charge in [-0.25, -0.2) is 0 Å². The molecule has 3 atom stereocenters. The lowest BCUT2D eigenvalue weighted by atomic mass is 9.87. The van der Waals surface area contributed by atoms with Crippen LogP contribution in [-0.2, 0) is 16.2 Å². The van der Waals surface area contributed by atoms with Crippen LogP contribution < -0.4 is 14.8 Å². The van der Waals surface area contributed by atoms with Gasteiger partial charge in [0.1, 0.15) is 18.8 Å². The quantitative estimate of drug-likeness (QED) is 0.136. The fraction of sp³-hybridized carbons (Fsp3) is 0.538. The van der Waals surface area contributed by atoms with Crippen molar-refractivity contribution in [3.63, 3.8) is 0 Å². The summed E-state index contributed by atoms with van der Waals surface area (Å²) in [6.07, 6.45) is -3.82. The smallest absolute Gasteiger partial charge is 0.406 e. The molecule has 0 spiro atoms. The Morgan fingerprint density at radius 3 is 2.59 bits per heavy atom. The molecule has 4 N–H and O–H groups in total. The maximum absolute atomic E-state index is 13.6. The standard InChI is InChI=1S/C26H34F3IN2O7/c1-3-4-5-6-7-22(35)32(15-26(27,28)29)19-12-17(25(37)31-8-9-33)13-20(23(19)36)39-24-18(30)10-16(14-34)11-21(24)38-2/h3,10-11,13,19-20,23,33-34,36H,1,4-9,12,14-15H2,2H3,(H,31,37)/t19-,20+,23+/m1/s1. The van der Waals surface area contributed by atoms with E-state index in [1.807, 2.05) is 22.6 Å². The third-order valence-corrected chi connectivity index (χ3v) is 6.86. The first-order chi connectivity index (χ1) is 18.4. The Labute approximate surface area is 238 Å². The number of carbonyl (C=O) groups excluding carboxylic acids is 2. The van der Waals surface area contributed by atoms with Crippen molar-refractivity contribution >= 4 is 34.4 Å². The minimum Gasteiger partial charge on any atom is -0.493 e. The Balaban J connectivity index is 2.49. The number of halogens is 4. The molecule has 0 aromatic heterocycles. The molecule has 0 saturated heterocycles. The Hall–Kier alpha value is -2.36. The lowest BCUT2D eigenvalue weighted by Gasteiger charge is -2.41. The maximum atomic E-state index is 13.6. The number of carbonyl (C=O) groups is 2. The zero-order chi connectivity index (χ0) is 29.2. The number of alkyl halides is 3. The summed E-state index contributed by atoms with van der Waals surface area (Å²) in [6, 6.07) is 1.68. The van der Waals surface area contributed by atoms with Gasteiger partial charge in [-0.3, -0.25) is 9.59 Å². The second-order valence-electron chi connectivity index (χ2n) is 8.95. The molecule has 2 rings (SSSR count). The SMILES string of the molecule is C=CCCCCC(=O)N(CC(F)(F)F)[C@@H]1CC(C(=O)NCCO)=C[C@H](Oc2c(I)cc(CO)cc2OC)[C@H]1O. The van der Waals surface area contributed by atoms with Gasteiger partial charge in [-0.05, 0) is 65.6 Å². The second-order valence-corrected chi connectivity index (χ2v) is 10.1. The van der Waals surface area contributed by atoms with Crippen LogP contribution in [0, 0.1) is 3.57 Å². The van der Waals surface area contributed by atoms with E-state index in [9.17, 15) is 33.0 Å². The number of unbranched alkanes of at least 4 members (excludes halogenated alkanes) is 2. The second kappa shape index (κ2) is 15.4. The minimum absolute atomic E-state index is 0.00339. The highest BCUT2D eigenvalue weighted by Crippen LogP contribution is 2.37. The predicted molar refractivity (Wildman–Crippen MR) is 145 cm³/mol. The number of aliphatic hydroxyl groups is 3. The molecule has 0 radical (unpaired) electrons. The van der Waals surface area contributed by atoms with Crippen LogP contribution >= 0.6 is 22.6 Å². The zero-order valence-corrected chi connectivity index (χ0v) is 23.7. The number of allylic oxidation sites excluding steroid dienone is 1. The number of aliphatic hydroxyl groups excluding tert-OH is 3. The van der Waals surface area contributed by atoms with Crippen molar-refractivity contribution in [1.29, 1.82) is 0 Å². The molecule has 218 valence electrons. The Kier molecular flexibility index (Phi) is 13.0. The van der Waals surface area contributed by atoms with Crippen molar-refractivity contribution in [3.8, 4) is 11.5 Å². The van der Waals surface area contributed by atoms with Crippen LogP contribution in [0.15, 0.2) is 36.4 Å². The van der Waals surface area contributed by atoms with E-state index in [0.29, 0.717) is 33.3 Å². The predicted octanol–water partition coefficient (Wildman–Crippen LogP) is 2.84. The summed E-state index contributed by atoms with van der Waals surface area (Å²) < 4.78 is 52.6. The number of methoxy groups -OCH3 is 1. The van der Waals surface area contributed by atoms with E-state index >= 15 is 0 Å². The molecule has 0 heterocycles.